The minimum atomic E-state index is 0.189. The topological polar surface area (TPSA) is 42.1 Å². The molecule has 1 unspecified atom stereocenters. The number of nitrogens with zero attached hydrogens (tertiary/aromatic N) is 2. The summed E-state index contributed by atoms with van der Waals surface area (Å²) in [7, 11) is 2.13. The fraction of sp³-hybridized carbons (Fsp3) is 0.312. The Balaban J connectivity index is 2.29. The maximum absolute atomic E-state index is 5.61. The lowest BCUT2D eigenvalue weighted by molar-refractivity contribution is 0.273. The average Bonchev–Trinajstić information content (AvgIpc) is 2.47. The summed E-state index contributed by atoms with van der Waals surface area (Å²) < 4.78 is 0. The van der Waals surface area contributed by atoms with E-state index in [1.807, 2.05) is 24.4 Å². The van der Waals surface area contributed by atoms with Gasteiger partial charge in [-0.1, -0.05) is 36.4 Å². The minimum Gasteiger partial charge on any atom is -0.330 e. The molecule has 0 aliphatic heterocycles. The quantitative estimate of drug-likeness (QED) is 0.862. The van der Waals surface area contributed by atoms with Gasteiger partial charge >= 0.3 is 0 Å². The normalized spacial score (nSPS) is 12.6. The van der Waals surface area contributed by atoms with Crippen molar-refractivity contribution >= 4 is 0 Å². The van der Waals surface area contributed by atoms with Crippen LogP contribution >= 0.6 is 0 Å². The molecule has 0 radical (unpaired) electrons. The summed E-state index contributed by atoms with van der Waals surface area (Å²) >= 11 is 0. The molecular weight excluding hydrogens is 234 g/mol. The third-order valence-corrected chi connectivity index (χ3v) is 3.24. The largest absolute Gasteiger partial charge is 0.330 e. The van der Waals surface area contributed by atoms with Gasteiger partial charge in [0, 0.05) is 12.7 Å². The molecule has 0 fully saturated rings. The van der Waals surface area contributed by atoms with E-state index in [-0.39, 0.29) is 6.04 Å². The highest BCUT2D eigenvalue weighted by Gasteiger charge is 2.19. The Bertz CT molecular complexity index is 430. The highest BCUT2D eigenvalue weighted by molar-refractivity contribution is 5.27. The van der Waals surface area contributed by atoms with E-state index >= 15 is 0 Å². The molecule has 3 nitrogen and oxygen atoms in total. The van der Waals surface area contributed by atoms with Crippen LogP contribution < -0.4 is 5.73 Å². The second-order valence-electron chi connectivity index (χ2n) is 4.69. The van der Waals surface area contributed by atoms with Crippen molar-refractivity contribution in [2.75, 3.05) is 20.1 Å². The molecule has 0 bridgehead atoms. The molecule has 1 atom stereocenters. The Kier molecular flexibility index (Phi) is 5.07. The van der Waals surface area contributed by atoms with Crippen LogP contribution in [-0.2, 0) is 0 Å². The summed E-state index contributed by atoms with van der Waals surface area (Å²) in [6.07, 6.45) is 2.84. The lowest BCUT2D eigenvalue weighted by Gasteiger charge is -2.28. The van der Waals surface area contributed by atoms with Crippen LogP contribution in [0.5, 0.6) is 0 Å². The molecule has 0 spiro atoms. The second-order valence-corrected chi connectivity index (χ2v) is 4.69. The summed E-state index contributed by atoms with van der Waals surface area (Å²) in [5, 5.41) is 0. The van der Waals surface area contributed by atoms with Gasteiger partial charge in [-0.3, -0.25) is 9.88 Å². The van der Waals surface area contributed by atoms with Crippen LogP contribution in [0.25, 0.3) is 0 Å². The number of aromatic nitrogens is 1. The number of pyridine rings is 1. The van der Waals surface area contributed by atoms with Crippen molar-refractivity contribution in [1.82, 2.24) is 9.88 Å². The van der Waals surface area contributed by atoms with Crippen molar-refractivity contribution in [3.05, 3.63) is 66.0 Å². The Hall–Kier alpha value is -1.71. The molecule has 1 aromatic heterocycles. The van der Waals surface area contributed by atoms with E-state index in [9.17, 15) is 0 Å². The number of nitrogens with two attached hydrogens (primary N) is 1. The van der Waals surface area contributed by atoms with Crippen molar-refractivity contribution in [1.29, 1.82) is 0 Å². The van der Waals surface area contributed by atoms with Crippen LogP contribution in [0, 0.1) is 0 Å². The lowest BCUT2D eigenvalue weighted by Crippen LogP contribution is -2.28. The first-order valence-corrected chi connectivity index (χ1v) is 6.69. The van der Waals surface area contributed by atoms with Gasteiger partial charge in [0.2, 0.25) is 0 Å². The Labute approximate surface area is 115 Å². The maximum Gasteiger partial charge on any atom is 0.0773 e. The number of rotatable bonds is 6. The molecular formula is C16H21N3. The zero-order valence-electron chi connectivity index (χ0n) is 11.4. The van der Waals surface area contributed by atoms with E-state index in [0.29, 0.717) is 6.54 Å². The summed E-state index contributed by atoms with van der Waals surface area (Å²) in [5.41, 5.74) is 7.95. The third-order valence-electron chi connectivity index (χ3n) is 3.24. The molecule has 1 aromatic carbocycles. The van der Waals surface area contributed by atoms with E-state index in [2.05, 4.69) is 47.3 Å². The van der Waals surface area contributed by atoms with Gasteiger partial charge in [-0.05, 0) is 37.7 Å². The van der Waals surface area contributed by atoms with Crippen LogP contribution in [0.3, 0.4) is 0 Å². The van der Waals surface area contributed by atoms with Crippen molar-refractivity contribution in [3.63, 3.8) is 0 Å². The van der Waals surface area contributed by atoms with E-state index in [4.69, 9.17) is 5.73 Å². The van der Waals surface area contributed by atoms with Crippen LogP contribution in [0.4, 0.5) is 0 Å². The highest BCUT2D eigenvalue weighted by atomic mass is 15.1. The molecule has 2 N–H and O–H groups in total. The first kappa shape index (κ1) is 13.7. The van der Waals surface area contributed by atoms with E-state index < -0.39 is 0 Å². The van der Waals surface area contributed by atoms with Crippen LogP contribution in [0.15, 0.2) is 54.7 Å². The van der Waals surface area contributed by atoms with Gasteiger partial charge in [0.15, 0.2) is 0 Å². The van der Waals surface area contributed by atoms with Gasteiger partial charge < -0.3 is 5.73 Å². The predicted octanol–water partition coefficient (Wildman–Crippen LogP) is 2.45. The highest BCUT2D eigenvalue weighted by Crippen LogP contribution is 2.25. The minimum absolute atomic E-state index is 0.189. The van der Waals surface area contributed by atoms with Crippen LogP contribution in [-0.4, -0.2) is 30.0 Å². The molecule has 19 heavy (non-hydrogen) atoms. The van der Waals surface area contributed by atoms with E-state index in [1.54, 1.807) is 0 Å². The molecule has 1 heterocycles. The van der Waals surface area contributed by atoms with Gasteiger partial charge in [0.25, 0.3) is 0 Å². The van der Waals surface area contributed by atoms with Crippen molar-refractivity contribution < 1.29 is 0 Å². The zero-order chi connectivity index (χ0) is 13.5. The van der Waals surface area contributed by atoms with Gasteiger partial charge in [-0.2, -0.15) is 0 Å². The lowest BCUT2D eigenvalue weighted by atomic mass is 10.0. The Morgan fingerprint density at radius 1 is 1.11 bits per heavy atom. The summed E-state index contributed by atoms with van der Waals surface area (Å²) in [5.74, 6) is 0. The predicted molar refractivity (Wildman–Crippen MR) is 78.8 cm³/mol. The Morgan fingerprint density at radius 2 is 1.84 bits per heavy atom. The third kappa shape index (κ3) is 3.63. The van der Waals surface area contributed by atoms with Gasteiger partial charge in [0.05, 0.1) is 11.7 Å². The molecule has 0 aliphatic carbocycles. The smallest absolute Gasteiger partial charge is 0.0773 e. The Morgan fingerprint density at radius 3 is 2.47 bits per heavy atom. The van der Waals surface area contributed by atoms with E-state index in [1.165, 1.54) is 5.56 Å². The molecule has 0 saturated heterocycles. The summed E-state index contributed by atoms with van der Waals surface area (Å²) in [4.78, 5) is 6.82. The molecule has 0 saturated carbocycles. The monoisotopic (exact) mass is 255 g/mol. The fourth-order valence-corrected chi connectivity index (χ4v) is 2.29. The molecule has 2 aromatic rings. The number of hydrogen-bond acceptors (Lipinski definition) is 3. The number of benzene rings is 1. The van der Waals surface area contributed by atoms with Gasteiger partial charge in [-0.25, -0.2) is 0 Å². The van der Waals surface area contributed by atoms with E-state index in [0.717, 1.165) is 18.7 Å². The molecule has 0 aliphatic rings. The summed E-state index contributed by atoms with van der Waals surface area (Å²) in [6.45, 7) is 1.68. The standard InChI is InChI=1S/C16H21N3/c1-19(13-7-11-17)16(14-8-3-2-4-9-14)15-10-5-6-12-18-15/h2-6,8-10,12,16H,7,11,13,17H2,1H3. The van der Waals surface area contributed by atoms with Crippen molar-refractivity contribution in [3.8, 4) is 0 Å². The fourth-order valence-electron chi connectivity index (χ4n) is 2.29. The van der Waals surface area contributed by atoms with Gasteiger partial charge in [0.1, 0.15) is 0 Å². The van der Waals surface area contributed by atoms with Gasteiger partial charge in [-0.15, -0.1) is 0 Å². The number of hydrogen-bond donors (Lipinski definition) is 1. The first-order chi connectivity index (χ1) is 9.33. The average molecular weight is 255 g/mol. The second kappa shape index (κ2) is 7.02. The zero-order valence-corrected chi connectivity index (χ0v) is 11.4. The molecule has 0 amide bonds. The molecule has 100 valence electrons. The first-order valence-electron chi connectivity index (χ1n) is 6.69. The van der Waals surface area contributed by atoms with Crippen LogP contribution in [0.1, 0.15) is 23.7 Å². The van der Waals surface area contributed by atoms with Crippen molar-refractivity contribution in [2.24, 2.45) is 5.73 Å². The van der Waals surface area contributed by atoms with Crippen molar-refractivity contribution in [2.45, 2.75) is 12.5 Å². The molecule has 3 heteroatoms. The summed E-state index contributed by atoms with van der Waals surface area (Å²) in [6, 6.07) is 16.7. The molecule has 2 rings (SSSR count). The van der Waals surface area contributed by atoms with Crippen LogP contribution in [0.2, 0.25) is 0 Å². The SMILES string of the molecule is CN(CCCN)C(c1ccccc1)c1ccccn1. The maximum atomic E-state index is 5.61.